The molecule has 2 aromatic carbocycles. The second kappa shape index (κ2) is 8.17. The molecule has 2 N–H and O–H groups in total. The topological polar surface area (TPSA) is 58.2 Å². The number of benzene rings is 2. The minimum absolute atomic E-state index is 0.0619. The first-order chi connectivity index (χ1) is 12.5. The van der Waals surface area contributed by atoms with Crippen molar-refractivity contribution in [1.82, 2.24) is 5.32 Å². The molecule has 1 aliphatic carbocycles. The quantitative estimate of drug-likeness (QED) is 0.818. The van der Waals surface area contributed by atoms with Gasteiger partial charge in [-0.2, -0.15) is 0 Å². The molecular formula is C22H26N2O2. The van der Waals surface area contributed by atoms with Crippen LogP contribution in [0, 0.1) is 0 Å². The zero-order valence-corrected chi connectivity index (χ0v) is 15.4. The van der Waals surface area contributed by atoms with Crippen LogP contribution in [-0.4, -0.2) is 17.9 Å². The van der Waals surface area contributed by atoms with Gasteiger partial charge in [0, 0.05) is 22.9 Å². The second-order valence-corrected chi connectivity index (χ2v) is 7.26. The molecule has 1 aliphatic rings. The summed E-state index contributed by atoms with van der Waals surface area (Å²) < 4.78 is 0. The van der Waals surface area contributed by atoms with Crippen LogP contribution in [0.4, 0.5) is 5.69 Å². The molecule has 1 saturated carbocycles. The number of anilines is 1. The molecule has 0 aliphatic heterocycles. The molecule has 0 atom stereocenters. The van der Waals surface area contributed by atoms with E-state index in [1.54, 1.807) is 24.3 Å². The number of carbonyl (C=O) groups excluding carboxylic acids is 2. The zero-order valence-electron chi connectivity index (χ0n) is 15.4. The lowest BCUT2D eigenvalue weighted by atomic mass is 10.0. The van der Waals surface area contributed by atoms with Gasteiger partial charge in [-0.25, -0.2) is 0 Å². The van der Waals surface area contributed by atoms with E-state index in [1.165, 1.54) is 18.4 Å². The normalized spacial score (nSPS) is 14.4. The zero-order chi connectivity index (χ0) is 18.5. The van der Waals surface area contributed by atoms with Crippen LogP contribution in [0.15, 0.2) is 48.5 Å². The van der Waals surface area contributed by atoms with Gasteiger partial charge in [0.05, 0.1) is 0 Å². The van der Waals surface area contributed by atoms with Crippen molar-refractivity contribution in [3.05, 3.63) is 65.2 Å². The minimum Gasteiger partial charge on any atom is -0.349 e. The summed E-state index contributed by atoms with van der Waals surface area (Å²) >= 11 is 0. The minimum atomic E-state index is -0.176. The Hall–Kier alpha value is -2.62. The summed E-state index contributed by atoms with van der Waals surface area (Å²) in [7, 11) is 0. The highest BCUT2D eigenvalue weighted by molar-refractivity contribution is 6.05. The van der Waals surface area contributed by atoms with E-state index in [0.717, 1.165) is 18.5 Å². The summed E-state index contributed by atoms with van der Waals surface area (Å²) in [4.78, 5) is 24.6. The fourth-order valence-electron chi connectivity index (χ4n) is 3.27. The van der Waals surface area contributed by atoms with E-state index in [1.807, 2.05) is 24.3 Å². The lowest BCUT2D eigenvalue weighted by molar-refractivity contribution is 0.0936. The monoisotopic (exact) mass is 350 g/mol. The van der Waals surface area contributed by atoms with Gasteiger partial charge in [0.25, 0.3) is 11.8 Å². The Labute approximate surface area is 155 Å². The number of carbonyl (C=O) groups is 2. The van der Waals surface area contributed by atoms with Crippen molar-refractivity contribution < 1.29 is 9.59 Å². The molecule has 0 radical (unpaired) electrons. The van der Waals surface area contributed by atoms with E-state index in [9.17, 15) is 9.59 Å². The fraction of sp³-hybridized carbons (Fsp3) is 0.364. The Bertz CT molecular complexity index is 758. The molecule has 2 aromatic rings. The molecule has 0 spiro atoms. The van der Waals surface area contributed by atoms with Gasteiger partial charge in [-0.1, -0.05) is 38.8 Å². The Kier molecular flexibility index (Phi) is 5.71. The first kappa shape index (κ1) is 18.2. The summed E-state index contributed by atoms with van der Waals surface area (Å²) in [6, 6.07) is 15.0. The first-order valence-electron chi connectivity index (χ1n) is 9.35. The van der Waals surface area contributed by atoms with Crippen LogP contribution in [0.1, 0.15) is 71.7 Å². The summed E-state index contributed by atoms with van der Waals surface area (Å²) in [5.74, 6) is 0.223. The molecule has 0 aromatic heterocycles. The Balaban J connectivity index is 1.60. The van der Waals surface area contributed by atoms with Gasteiger partial charge in [-0.3, -0.25) is 9.59 Å². The van der Waals surface area contributed by atoms with Crippen molar-refractivity contribution in [2.45, 2.75) is 51.5 Å². The fourth-order valence-corrected chi connectivity index (χ4v) is 3.27. The van der Waals surface area contributed by atoms with E-state index in [4.69, 9.17) is 0 Å². The van der Waals surface area contributed by atoms with Crippen molar-refractivity contribution in [3.8, 4) is 0 Å². The predicted octanol–water partition coefficient (Wildman–Crippen LogP) is 4.73. The van der Waals surface area contributed by atoms with Crippen molar-refractivity contribution in [1.29, 1.82) is 0 Å². The molecule has 0 saturated heterocycles. The van der Waals surface area contributed by atoms with Gasteiger partial charge in [0.1, 0.15) is 0 Å². The third-order valence-electron chi connectivity index (χ3n) is 4.93. The summed E-state index contributed by atoms with van der Waals surface area (Å²) in [5.41, 5.74) is 3.13. The van der Waals surface area contributed by atoms with Crippen LogP contribution in [-0.2, 0) is 0 Å². The highest BCUT2D eigenvalue weighted by Crippen LogP contribution is 2.19. The van der Waals surface area contributed by atoms with Crippen molar-refractivity contribution in [2.75, 3.05) is 5.32 Å². The van der Waals surface area contributed by atoms with Gasteiger partial charge in [0.2, 0.25) is 0 Å². The molecule has 0 bridgehead atoms. The molecule has 0 unspecified atom stereocenters. The number of rotatable bonds is 5. The lowest BCUT2D eigenvalue weighted by Gasteiger charge is -2.12. The van der Waals surface area contributed by atoms with Crippen LogP contribution in [0.25, 0.3) is 0 Å². The molecule has 2 amide bonds. The van der Waals surface area contributed by atoms with Crippen molar-refractivity contribution in [2.24, 2.45) is 0 Å². The maximum Gasteiger partial charge on any atom is 0.255 e. The van der Waals surface area contributed by atoms with Crippen LogP contribution in [0.3, 0.4) is 0 Å². The highest BCUT2D eigenvalue weighted by Gasteiger charge is 2.18. The van der Waals surface area contributed by atoms with Gasteiger partial charge >= 0.3 is 0 Å². The average Bonchev–Trinajstić information content (AvgIpc) is 3.15. The standard InChI is InChI=1S/C22H26N2O2/c1-15(2)16-11-13-20(14-12-16)24-22(26)18-9-7-17(8-10-18)21(25)23-19-5-3-4-6-19/h7-15,19H,3-6H2,1-2H3,(H,23,25)(H,24,26). The highest BCUT2D eigenvalue weighted by atomic mass is 16.2. The largest absolute Gasteiger partial charge is 0.349 e. The summed E-state index contributed by atoms with van der Waals surface area (Å²) in [6.07, 6.45) is 4.48. The van der Waals surface area contributed by atoms with Crippen molar-refractivity contribution >= 4 is 17.5 Å². The molecule has 26 heavy (non-hydrogen) atoms. The maximum atomic E-state index is 12.4. The van der Waals surface area contributed by atoms with Gasteiger partial charge in [-0.15, -0.1) is 0 Å². The Morgan fingerprint density at radius 2 is 1.38 bits per heavy atom. The smallest absolute Gasteiger partial charge is 0.255 e. The van der Waals surface area contributed by atoms with E-state index in [-0.39, 0.29) is 11.8 Å². The molecule has 1 fully saturated rings. The SMILES string of the molecule is CC(C)c1ccc(NC(=O)c2ccc(C(=O)NC3CCCC3)cc2)cc1. The number of amides is 2. The molecule has 0 heterocycles. The third kappa shape index (κ3) is 4.51. The molecule has 136 valence electrons. The summed E-state index contributed by atoms with van der Waals surface area (Å²) in [5, 5.41) is 5.95. The summed E-state index contributed by atoms with van der Waals surface area (Å²) in [6.45, 7) is 4.27. The van der Waals surface area contributed by atoms with Crippen molar-refractivity contribution in [3.63, 3.8) is 0 Å². The lowest BCUT2D eigenvalue weighted by Crippen LogP contribution is -2.32. The second-order valence-electron chi connectivity index (χ2n) is 7.26. The van der Waals surface area contributed by atoms with Gasteiger partial charge in [0.15, 0.2) is 0 Å². The van der Waals surface area contributed by atoms with E-state index in [2.05, 4.69) is 24.5 Å². The first-order valence-corrected chi connectivity index (χ1v) is 9.35. The van der Waals surface area contributed by atoms with Crippen LogP contribution in [0.2, 0.25) is 0 Å². The third-order valence-corrected chi connectivity index (χ3v) is 4.93. The van der Waals surface area contributed by atoms with Crippen LogP contribution < -0.4 is 10.6 Å². The predicted molar refractivity (Wildman–Crippen MR) is 105 cm³/mol. The molecular weight excluding hydrogens is 324 g/mol. The van der Waals surface area contributed by atoms with Crippen LogP contribution >= 0.6 is 0 Å². The Morgan fingerprint density at radius 1 is 0.846 bits per heavy atom. The number of hydrogen-bond acceptors (Lipinski definition) is 2. The van der Waals surface area contributed by atoms with Gasteiger partial charge < -0.3 is 10.6 Å². The number of nitrogens with one attached hydrogen (secondary N) is 2. The van der Waals surface area contributed by atoms with E-state index >= 15 is 0 Å². The molecule has 4 heteroatoms. The maximum absolute atomic E-state index is 12.4. The molecule has 4 nitrogen and oxygen atoms in total. The van der Waals surface area contributed by atoms with E-state index in [0.29, 0.717) is 23.1 Å². The van der Waals surface area contributed by atoms with Crippen LogP contribution in [0.5, 0.6) is 0 Å². The van der Waals surface area contributed by atoms with Gasteiger partial charge in [-0.05, 0) is 60.7 Å². The van der Waals surface area contributed by atoms with E-state index < -0.39 is 0 Å². The Morgan fingerprint density at radius 3 is 1.92 bits per heavy atom. The average molecular weight is 350 g/mol. The molecule has 3 rings (SSSR count). The number of hydrogen-bond donors (Lipinski definition) is 2.